The van der Waals surface area contributed by atoms with Gasteiger partial charge in [-0.3, -0.25) is 9.36 Å². The molecule has 0 aromatic heterocycles. The highest BCUT2D eigenvalue weighted by Crippen LogP contribution is 2.32. The van der Waals surface area contributed by atoms with Crippen molar-refractivity contribution in [1.82, 2.24) is 5.32 Å². The van der Waals surface area contributed by atoms with Gasteiger partial charge in [-0.1, -0.05) is 28.5 Å². The molecule has 3 N–H and O–H groups in total. The Morgan fingerprint density at radius 3 is 2.29 bits per heavy atom. The van der Waals surface area contributed by atoms with E-state index in [-0.39, 0.29) is 18.6 Å². The van der Waals surface area contributed by atoms with Crippen LogP contribution in [0.5, 0.6) is 0 Å². The Morgan fingerprint density at radius 1 is 1.35 bits per heavy atom. The van der Waals surface area contributed by atoms with E-state index in [1.165, 1.54) is 17.9 Å². The average Bonchev–Trinajstić information content (AvgIpc) is 2.73. The zero-order chi connectivity index (χ0) is 13.1. The zero-order valence-electron chi connectivity index (χ0n) is 9.92. The molecule has 0 radical (unpaired) electrons. The average molecular weight is 301 g/mol. The van der Waals surface area contributed by atoms with Crippen molar-refractivity contribution in [2.75, 3.05) is 24.2 Å². The number of nitrogens with one attached hydrogen (secondary N) is 1. The van der Waals surface area contributed by atoms with Crippen molar-refractivity contribution in [2.45, 2.75) is 26.2 Å². The fourth-order valence-electron chi connectivity index (χ4n) is 0.951. The molecule has 1 aliphatic rings. The van der Waals surface area contributed by atoms with E-state index in [1.807, 2.05) is 28.5 Å². The lowest BCUT2D eigenvalue weighted by molar-refractivity contribution is -0.120. The van der Waals surface area contributed by atoms with Gasteiger partial charge < -0.3 is 15.1 Å². The first kappa shape index (κ1) is 17.3. The monoisotopic (exact) mass is 301 g/mol. The lowest BCUT2D eigenvalue weighted by atomic mass is 10.3. The van der Waals surface area contributed by atoms with Crippen molar-refractivity contribution in [3.63, 3.8) is 0 Å². The van der Waals surface area contributed by atoms with Crippen LogP contribution in [0.25, 0.3) is 0 Å². The summed E-state index contributed by atoms with van der Waals surface area (Å²) in [7, 11) is 0.0259. The van der Waals surface area contributed by atoms with E-state index in [4.69, 9.17) is 9.79 Å². The summed E-state index contributed by atoms with van der Waals surface area (Å²) in [6.07, 6.45) is 2.28. The lowest BCUT2D eigenvalue weighted by Crippen LogP contribution is -2.25. The highest BCUT2D eigenvalue weighted by atomic mass is 33.1. The van der Waals surface area contributed by atoms with E-state index in [2.05, 4.69) is 5.32 Å². The van der Waals surface area contributed by atoms with Crippen LogP contribution in [0.3, 0.4) is 0 Å². The quantitative estimate of drug-likeness (QED) is 0.531. The predicted octanol–water partition coefficient (Wildman–Crippen LogP) is 1.85. The molecule has 1 amide bonds. The highest BCUT2D eigenvalue weighted by Gasteiger charge is 2.12. The van der Waals surface area contributed by atoms with Crippen molar-refractivity contribution in [1.29, 1.82) is 0 Å². The minimum Gasteiger partial charge on any atom is -0.355 e. The molecule has 17 heavy (non-hydrogen) atoms. The van der Waals surface area contributed by atoms with Crippen molar-refractivity contribution in [3.8, 4) is 0 Å². The topological polar surface area (TPSA) is 86.6 Å². The summed E-state index contributed by atoms with van der Waals surface area (Å²) in [6, 6.07) is 0. The van der Waals surface area contributed by atoms with Crippen LogP contribution in [0, 0.1) is 0 Å². The summed E-state index contributed by atoms with van der Waals surface area (Å²) in [5.41, 5.74) is 0. The third kappa shape index (κ3) is 14.3. The van der Waals surface area contributed by atoms with E-state index in [1.54, 1.807) is 0 Å². The maximum Gasteiger partial charge on any atom is 0.327 e. The van der Waals surface area contributed by atoms with E-state index < -0.39 is 7.60 Å². The lowest BCUT2D eigenvalue weighted by Gasteiger charge is -2.04. The van der Waals surface area contributed by atoms with Gasteiger partial charge in [0.15, 0.2) is 0 Å². The van der Waals surface area contributed by atoms with Gasteiger partial charge in [-0.25, -0.2) is 0 Å². The standard InChI is InChI=1S/C6H14NO4P.C3H6S2/c1-2-3-6(8)7-4-5-12(9,10)11;1-2-4-5-3-1/h2-5H2,1H3,(H,7,8)(H2,9,10,11);1-3H2. The van der Waals surface area contributed by atoms with Gasteiger partial charge in [-0.15, -0.1) is 0 Å². The number of hydrogen-bond donors (Lipinski definition) is 3. The maximum atomic E-state index is 10.8. The van der Waals surface area contributed by atoms with Crippen LogP contribution in [0.4, 0.5) is 0 Å². The van der Waals surface area contributed by atoms with E-state index >= 15 is 0 Å². The summed E-state index contributed by atoms with van der Waals surface area (Å²) >= 11 is 0. The number of rotatable bonds is 5. The molecule has 8 heteroatoms. The molecule has 0 spiro atoms. The first-order valence-electron chi connectivity index (χ1n) is 5.51. The van der Waals surface area contributed by atoms with Crippen LogP contribution in [-0.2, 0) is 9.36 Å². The van der Waals surface area contributed by atoms with Crippen molar-refractivity contribution >= 4 is 35.1 Å². The molecular formula is C9H20NO4PS2. The second kappa shape index (κ2) is 10.3. The SMILES string of the molecule is C1CSSC1.CCCC(=O)NCCP(=O)(O)O. The largest absolute Gasteiger partial charge is 0.355 e. The predicted molar refractivity (Wildman–Crippen MR) is 74.4 cm³/mol. The molecular weight excluding hydrogens is 281 g/mol. The Balaban J connectivity index is 0.000000419. The molecule has 0 aliphatic carbocycles. The fraction of sp³-hybridized carbons (Fsp3) is 0.889. The fourth-order valence-corrected chi connectivity index (χ4v) is 3.71. The van der Waals surface area contributed by atoms with Gasteiger partial charge in [0, 0.05) is 24.5 Å². The maximum absolute atomic E-state index is 10.8. The van der Waals surface area contributed by atoms with Gasteiger partial charge in [0.1, 0.15) is 0 Å². The summed E-state index contributed by atoms with van der Waals surface area (Å²) in [5, 5.41) is 2.41. The summed E-state index contributed by atoms with van der Waals surface area (Å²) < 4.78 is 10.3. The van der Waals surface area contributed by atoms with Crippen molar-refractivity contribution < 1.29 is 19.1 Å². The Morgan fingerprint density at radius 2 is 1.94 bits per heavy atom. The summed E-state index contributed by atoms with van der Waals surface area (Å²) in [4.78, 5) is 27.6. The third-order valence-corrected chi connectivity index (χ3v) is 5.12. The van der Waals surface area contributed by atoms with Crippen LogP contribution in [0.15, 0.2) is 0 Å². The molecule has 102 valence electrons. The van der Waals surface area contributed by atoms with Crippen LogP contribution < -0.4 is 5.32 Å². The number of hydrogen-bond acceptors (Lipinski definition) is 4. The Labute approximate surface area is 110 Å². The molecule has 1 rings (SSSR count). The molecule has 1 aliphatic heterocycles. The molecule has 0 unspecified atom stereocenters. The minimum absolute atomic E-state index is 0.0448. The highest BCUT2D eigenvalue weighted by molar-refractivity contribution is 8.77. The first-order valence-corrected chi connectivity index (χ1v) is 9.80. The van der Waals surface area contributed by atoms with Crippen LogP contribution in [0.1, 0.15) is 26.2 Å². The normalized spacial score (nSPS) is 15.0. The van der Waals surface area contributed by atoms with Gasteiger partial charge in [0.05, 0.1) is 6.16 Å². The number of amides is 1. The molecule has 1 saturated heterocycles. The molecule has 1 heterocycles. The van der Waals surface area contributed by atoms with E-state index in [9.17, 15) is 9.36 Å². The smallest absolute Gasteiger partial charge is 0.327 e. The zero-order valence-corrected chi connectivity index (χ0v) is 12.5. The third-order valence-electron chi connectivity index (χ3n) is 1.74. The summed E-state index contributed by atoms with van der Waals surface area (Å²) in [5.74, 6) is 2.60. The van der Waals surface area contributed by atoms with Gasteiger partial charge in [-0.05, 0) is 12.8 Å². The van der Waals surface area contributed by atoms with Gasteiger partial charge in [0.2, 0.25) is 5.91 Å². The molecule has 0 saturated carbocycles. The molecule has 0 aromatic carbocycles. The van der Waals surface area contributed by atoms with E-state index in [0.29, 0.717) is 6.42 Å². The van der Waals surface area contributed by atoms with Crippen LogP contribution >= 0.6 is 29.2 Å². The second-order valence-corrected chi connectivity index (χ2v) is 7.96. The van der Waals surface area contributed by atoms with Gasteiger partial charge >= 0.3 is 7.60 Å². The van der Waals surface area contributed by atoms with Crippen LogP contribution in [0.2, 0.25) is 0 Å². The Kier molecular flexibility index (Phi) is 10.5. The molecule has 5 nitrogen and oxygen atoms in total. The first-order chi connectivity index (χ1) is 7.95. The van der Waals surface area contributed by atoms with Gasteiger partial charge in [0.25, 0.3) is 0 Å². The van der Waals surface area contributed by atoms with E-state index in [0.717, 1.165) is 6.42 Å². The Hall–Kier alpha value is 0.320. The molecule has 0 atom stereocenters. The Bertz CT molecular complexity index is 248. The van der Waals surface area contributed by atoms with Gasteiger partial charge in [-0.2, -0.15) is 0 Å². The van der Waals surface area contributed by atoms with Crippen molar-refractivity contribution in [2.24, 2.45) is 0 Å². The summed E-state index contributed by atoms with van der Waals surface area (Å²) in [6.45, 7) is 1.91. The van der Waals surface area contributed by atoms with Crippen LogP contribution in [-0.4, -0.2) is 39.9 Å². The molecule has 0 bridgehead atoms. The molecule has 1 fully saturated rings. The number of carbonyl (C=O) groups is 1. The van der Waals surface area contributed by atoms with Crippen molar-refractivity contribution in [3.05, 3.63) is 0 Å². The second-order valence-electron chi connectivity index (χ2n) is 3.49. The molecule has 0 aromatic rings. The minimum atomic E-state index is -3.96. The number of carbonyl (C=O) groups excluding carboxylic acids is 1.